The first-order chi connectivity index (χ1) is 9.72. The van der Waals surface area contributed by atoms with Crippen LogP contribution in [0.25, 0.3) is 0 Å². The molecule has 1 N–H and O–H groups in total. The van der Waals surface area contributed by atoms with Crippen LogP contribution in [0.2, 0.25) is 0 Å². The Morgan fingerprint density at radius 1 is 1.40 bits per heavy atom. The van der Waals surface area contributed by atoms with E-state index in [1.807, 2.05) is 11.0 Å². The van der Waals surface area contributed by atoms with Crippen molar-refractivity contribution >= 4 is 5.91 Å². The first-order valence-corrected chi connectivity index (χ1v) is 7.47. The van der Waals surface area contributed by atoms with E-state index in [2.05, 4.69) is 24.4 Å². The van der Waals surface area contributed by atoms with Crippen LogP contribution in [-0.4, -0.2) is 43.1 Å². The van der Waals surface area contributed by atoms with Gasteiger partial charge < -0.3 is 15.0 Å². The number of rotatable bonds is 4. The summed E-state index contributed by atoms with van der Waals surface area (Å²) in [5, 5.41) is 3.24. The van der Waals surface area contributed by atoms with Crippen LogP contribution in [-0.2, 0) is 11.2 Å². The molecule has 1 aromatic carbocycles. The summed E-state index contributed by atoms with van der Waals surface area (Å²) >= 11 is 0. The lowest BCUT2D eigenvalue weighted by molar-refractivity contribution is -0.129. The molecule has 2 heterocycles. The van der Waals surface area contributed by atoms with Crippen molar-refractivity contribution in [2.75, 3.05) is 26.2 Å². The number of amides is 1. The van der Waals surface area contributed by atoms with Crippen molar-refractivity contribution in [3.63, 3.8) is 0 Å². The molecule has 0 spiro atoms. The number of fused-ring (bicyclic) bond motifs is 1. The maximum absolute atomic E-state index is 11.9. The predicted octanol–water partition coefficient (Wildman–Crippen LogP) is 1.51. The molecule has 2 aliphatic heterocycles. The summed E-state index contributed by atoms with van der Waals surface area (Å²) in [6, 6.07) is 6.30. The van der Waals surface area contributed by atoms with Gasteiger partial charge in [0.2, 0.25) is 5.91 Å². The standard InChI is InChI=1S/C16H22N2O2/c1-12-4-5-15-13(8-12)9-14(20-15)10-17-11-16(19)18-6-2-3-7-18/h4-5,8,14,17H,2-3,6-7,9-11H2,1H3. The average Bonchev–Trinajstić information content (AvgIpc) is 3.06. The summed E-state index contributed by atoms with van der Waals surface area (Å²) in [5.41, 5.74) is 2.55. The van der Waals surface area contributed by atoms with Crippen molar-refractivity contribution in [1.82, 2.24) is 10.2 Å². The summed E-state index contributed by atoms with van der Waals surface area (Å²) in [6.07, 6.45) is 3.37. The normalized spacial score (nSPS) is 20.9. The van der Waals surface area contributed by atoms with Gasteiger partial charge in [-0.1, -0.05) is 17.7 Å². The van der Waals surface area contributed by atoms with Crippen LogP contribution in [0.1, 0.15) is 24.0 Å². The van der Waals surface area contributed by atoms with Crippen molar-refractivity contribution in [2.45, 2.75) is 32.3 Å². The van der Waals surface area contributed by atoms with Crippen LogP contribution in [0, 0.1) is 6.92 Å². The van der Waals surface area contributed by atoms with Gasteiger partial charge in [-0.25, -0.2) is 0 Å². The van der Waals surface area contributed by atoms with E-state index in [1.54, 1.807) is 0 Å². The van der Waals surface area contributed by atoms with Crippen LogP contribution in [0.3, 0.4) is 0 Å². The minimum atomic E-state index is 0.151. The topological polar surface area (TPSA) is 41.6 Å². The maximum atomic E-state index is 11.9. The number of nitrogens with one attached hydrogen (secondary N) is 1. The summed E-state index contributed by atoms with van der Waals surface area (Å²) in [4.78, 5) is 13.8. The number of ether oxygens (including phenoxy) is 1. The molecule has 1 amide bonds. The Morgan fingerprint density at radius 2 is 2.20 bits per heavy atom. The van der Waals surface area contributed by atoms with Gasteiger partial charge in [-0.3, -0.25) is 4.79 Å². The maximum Gasteiger partial charge on any atom is 0.236 e. The monoisotopic (exact) mass is 274 g/mol. The zero-order valence-corrected chi connectivity index (χ0v) is 12.0. The lowest BCUT2D eigenvalue weighted by atomic mass is 10.1. The second-order valence-electron chi connectivity index (χ2n) is 5.77. The summed E-state index contributed by atoms with van der Waals surface area (Å²) in [5.74, 6) is 1.21. The van der Waals surface area contributed by atoms with Crippen molar-refractivity contribution < 1.29 is 9.53 Å². The molecule has 3 rings (SSSR count). The van der Waals surface area contributed by atoms with Crippen LogP contribution < -0.4 is 10.1 Å². The lowest BCUT2D eigenvalue weighted by Crippen LogP contribution is -2.39. The molecule has 1 unspecified atom stereocenters. The molecule has 0 radical (unpaired) electrons. The molecule has 1 saturated heterocycles. The second-order valence-corrected chi connectivity index (χ2v) is 5.77. The van der Waals surface area contributed by atoms with Crippen molar-refractivity contribution in [1.29, 1.82) is 0 Å². The van der Waals surface area contributed by atoms with Crippen molar-refractivity contribution in [3.05, 3.63) is 29.3 Å². The van der Waals surface area contributed by atoms with Crippen LogP contribution >= 0.6 is 0 Å². The first kappa shape index (κ1) is 13.4. The highest BCUT2D eigenvalue weighted by Gasteiger charge is 2.23. The van der Waals surface area contributed by atoms with Gasteiger partial charge in [0.15, 0.2) is 0 Å². The van der Waals surface area contributed by atoms with Gasteiger partial charge >= 0.3 is 0 Å². The molecule has 0 aromatic heterocycles. The number of hydrogen-bond donors (Lipinski definition) is 1. The minimum absolute atomic E-state index is 0.151. The second kappa shape index (κ2) is 5.83. The van der Waals surface area contributed by atoms with E-state index in [1.165, 1.54) is 11.1 Å². The fourth-order valence-corrected chi connectivity index (χ4v) is 2.98. The first-order valence-electron chi connectivity index (χ1n) is 7.47. The third kappa shape index (κ3) is 2.96. The van der Waals surface area contributed by atoms with Crippen LogP contribution in [0.15, 0.2) is 18.2 Å². The minimum Gasteiger partial charge on any atom is -0.488 e. The van der Waals surface area contributed by atoms with E-state index < -0.39 is 0 Å². The zero-order chi connectivity index (χ0) is 13.9. The molecule has 1 atom stereocenters. The molecule has 1 fully saturated rings. The van der Waals surface area contributed by atoms with E-state index in [4.69, 9.17) is 4.74 Å². The Morgan fingerprint density at radius 3 is 3.00 bits per heavy atom. The van der Waals surface area contributed by atoms with E-state index in [-0.39, 0.29) is 12.0 Å². The lowest BCUT2D eigenvalue weighted by Gasteiger charge is -2.17. The van der Waals surface area contributed by atoms with Gasteiger partial charge in [0, 0.05) is 26.1 Å². The molecular weight excluding hydrogens is 252 g/mol. The van der Waals surface area contributed by atoms with Gasteiger partial charge in [-0.15, -0.1) is 0 Å². The molecule has 0 aliphatic carbocycles. The number of likely N-dealkylation sites (tertiary alicyclic amines) is 1. The van der Waals surface area contributed by atoms with Crippen LogP contribution in [0.5, 0.6) is 5.75 Å². The fraction of sp³-hybridized carbons (Fsp3) is 0.562. The molecular formula is C16H22N2O2. The van der Waals surface area contributed by atoms with E-state index >= 15 is 0 Å². The molecule has 1 aromatic rings. The van der Waals surface area contributed by atoms with Gasteiger partial charge in [0.25, 0.3) is 0 Å². The third-order valence-electron chi connectivity index (χ3n) is 4.06. The Hall–Kier alpha value is -1.55. The van der Waals surface area contributed by atoms with Crippen LogP contribution in [0.4, 0.5) is 0 Å². The number of benzene rings is 1. The highest BCUT2D eigenvalue weighted by Crippen LogP contribution is 2.29. The van der Waals surface area contributed by atoms with Crippen molar-refractivity contribution in [3.8, 4) is 5.75 Å². The molecule has 108 valence electrons. The number of hydrogen-bond acceptors (Lipinski definition) is 3. The highest BCUT2D eigenvalue weighted by atomic mass is 16.5. The molecule has 0 bridgehead atoms. The van der Waals surface area contributed by atoms with Gasteiger partial charge in [-0.2, -0.15) is 0 Å². The average molecular weight is 274 g/mol. The Bertz CT molecular complexity index is 495. The summed E-state index contributed by atoms with van der Waals surface area (Å²) in [6.45, 7) is 5.10. The predicted molar refractivity (Wildman–Crippen MR) is 78.0 cm³/mol. The molecule has 20 heavy (non-hydrogen) atoms. The largest absolute Gasteiger partial charge is 0.488 e. The molecule has 0 saturated carbocycles. The van der Waals surface area contributed by atoms with Crippen molar-refractivity contribution in [2.24, 2.45) is 0 Å². The van der Waals surface area contributed by atoms with E-state index in [0.717, 1.165) is 44.6 Å². The van der Waals surface area contributed by atoms with Gasteiger partial charge in [0.1, 0.15) is 11.9 Å². The van der Waals surface area contributed by atoms with Gasteiger partial charge in [0.05, 0.1) is 6.54 Å². The van der Waals surface area contributed by atoms with Gasteiger partial charge in [-0.05, 0) is 31.4 Å². The summed E-state index contributed by atoms with van der Waals surface area (Å²) in [7, 11) is 0. The summed E-state index contributed by atoms with van der Waals surface area (Å²) < 4.78 is 5.88. The quantitative estimate of drug-likeness (QED) is 0.905. The molecule has 2 aliphatic rings. The Balaban J connectivity index is 1.43. The highest BCUT2D eigenvalue weighted by molar-refractivity contribution is 5.78. The Labute approximate surface area is 120 Å². The number of aryl methyl sites for hydroxylation is 1. The fourth-order valence-electron chi connectivity index (χ4n) is 2.98. The molecule has 4 heteroatoms. The Kier molecular flexibility index (Phi) is 3.92. The zero-order valence-electron chi connectivity index (χ0n) is 12.0. The van der Waals surface area contributed by atoms with E-state index in [9.17, 15) is 4.79 Å². The number of nitrogens with zero attached hydrogens (tertiary/aromatic N) is 1. The number of carbonyl (C=O) groups is 1. The van der Waals surface area contributed by atoms with E-state index in [0.29, 0.717) is 6.54 Å². The SMILES string of the molecule is Cc1ccc2c(c1)CC(CNCC(=O)N1CCCC1)O2. The molecule has 4 nitrogen and oxygen atoms in total. The third-order valence-corrected chi connectivity index (χ3v) is 4.06. The smallest absolute Gasteiger partial charge is 0.236 e. The number of carbonyl (C=O) groups excluding carboxylic acids is 1.